The van der Waals surface area contributed by atoms with Crippen molar-refractivity contribution in [2.75, 3.05) is 32.8 Å². The van der Waals surface area contributed by atoms with Gasteiger partial charge in [-0.1, -0.05) is 0 Å². The van der Waals surface area contributed by atoms with Gasteiger partial charge in [0.15, 0.2) is 0 Å². The van der Waals surface area contributed by atoms with Crippen LogP contribution in [0, 0.1) is 0 Å². The van der Waals surface area contributed by atoms with E-state index >= 15 is 0 Å². The Balaban J connectivity index is 1.36. The van der Waals surface area contributed by atoms with Gasteiger partial charge < -0.3 is 10.1 Å². The molecule has 4 rings (SSSR count). The number of likely N-dealkylation sites (tertiary alicyclic amines) is 1. The molecule has 0 radical (unpaired) electrons. The normalized spacial score (nSPS) is 26.3. The fourth-order valence-corrected chi connectivity index (χ4v) is 3.89. The number of phenols is 1. The van der Waals surface area contributed by atoms with Gasteiger partial charge in [0, 0.05) is 13.1 Å². The molecule has 2 aliphatic heterocycles. The monoisotopic (exact) mass is 402 g/mol. The number of ether oxygens (including phenoxy) is 2. The van der Waals surface area contributed by atoms with Gasteiger partial charge in [-0.3, -0.25) is 0 Å². The van der Waals surface area contributed by atoms with Crippen molar-refractivity contribution in [3.8, 4) is 11.5 Å². The number of aromatic carboxylic acids is 1. The second-order valence-electron chi connectivity index (χ2n) is 7.76. The van der Waals surface area contributed by atoms with Crippen LogP contribution < -0.4 is 10.1 Å². The number of rotatable bonds is 7. The minimum atomic E-state index is -1.29. The van der Waals surface area contributed by atoms with Gasteiger partial charge in [0.05, 0.1) is 12.7 Å². The van der Waals surface area contributed by atoms with E-state index in [1.54, 1.807) is 11.0 Å². The molecule has 3 fully saturated rings. The Bertz CT molecular complexity index is 821. The summed E-state index contributed by atoms with van der Waals surface area (Å²) in [5.74, 6) is -1.92. The van der Waals surface area contributed by atoms with Crippen molar-refractivity contribution < 1.29 is 34.0 Å². The number of carbonyl (C=O) groups excluding carboxylic acids is 1. The number of nitrogens with one attached hydrogen (secondary N) is 1. The summed E-state index contributed by atoms with van der Waals surface area (Å²) in [6, 6.07) is 3.13. The van der Waals surface area contributed by atoms with Crippen LogP contribution in [-0.4, -0.2) is 79.1 Å². The van der Waals surface area contributed by atoms with E-state index in [0.717, 1.165) is 13.7 Å². The molecule has 0 aromatic heterocycles. The Hall–Kier alpha value is -2.46. The SMILES string of the molecule is O=B[C@@H]1C[C@@H]1c1ccc(OC2CN(C(=O)C[C@H]3CNCCO3)C2)c(C(=O)O)c1O. The van der Waals surface area contributed by atoms with E-state index < -0.39 is 5.97 Å². The van der Waals surface area contributed by atoms with Crippen LogP contribution in [0.3, 0.4) is 0 Å². The molecule has 9 nitrogen and oxygen atoms in total. The van der Waals surface area contributed by atoms with E-state index in [0.29, 0.717) is 44.6 Å². The zero-order valence-corrected chi connectivity index (χ0v) is 15.9. The molecule has 154 valence electrons. The van der Waals surface area contributed by atoms with Crippen LogP contribution in [0.4, 0.5) is 0 Å². The van der Waals surface area contributed by atoms with E-state index in [9.17, 15) is 24.5 Å². The molecular weight excluding hydrogens is 379 g/mol. The van der Waals surface area contributed by atoms with Crippen molar-refractivity contribution in [2.24, 2.45) is 0 Å². The third kappa shape index (κ3) is 4.13. The molecule has 1 amide bonds. The second kappa shape index (κ2) is 8.12. The molecule has 1 aromatic rings. The molecule has 2 saturated heterocycles. The molecule has 29 heavy (non-hydrogen) atoms. The van der Waals surface area contributed by atoms with Crippen LogP contribution in [0.15, 0.2) is 12.1 Å². The van der Waals surface area contributed by atoms with Crippen molar-refractivity contribution in [2.45, 2.75) is 36.8 Å². The number of hydrogen-bond donors (Lipinski definition) is 3. The Labute approximate surface area is 168 Å². The molecule has 1 aromatic carbocycles. The molecule has 0 spiro atoms. The molecule has 3 N–H and O–H groups in total. The Morgan fingerprint density at radius 2 is 2.14 bits per heavy atom. The van der Waals surface area contributed by atoms with Gasteiger partial charge in [-0.15, -0.1) is 0 Å². The topological polar surface area (TPSA) is 125 Å². The summed E-state index contributed by atoms with van der Waals surface area (Å²) in [6.45, 7) is 2.75. The summed E-state index contributed by atoms with van der Waals surface area (Å²) in [4.78, 5) is 25.6. The average molecular weight is 402 g/mol. The minimum absolute atomic E-state index is 0.0242. The maximum absolute atomic E-state index is 12.3. The maximum atomic E-state index is 12.3. The third-order valence-electron chi connectivity index (χ3n) is 5.70. The molecule has 3 atom stereocenters. The summed E-state index contributed by atoms with van der Waals surface area (Å²) in [5.41, 5.74) is 0.156. The second-order valence-corrected chi connectivity index (χ2v) is 7.76. The van der Waals surface area contributed by atoms with Gasteiger partial charge in [0.25, 0.3) is 0 Å². The van der Waals surface area contributed by atoms with E-state index in [-0.39, 0.29) is 46.9 Å². The summed E-state index contributed by atoms with van der Waals surface area (Å²) >= 11 is 0. The molecule has 0 bridgehead atoms. The number of amides is 1. The van der Waals surface area contributed by atoms with Crippen molar-refractivity contribution in [1.82, 2.24) is 10.2 Å². The number of carboxylic acid groups (broad SMARTS) is 1. The fourth-order valence-electron chi connectivity index (χ4n) is 3.89. The number of nitrogens with zero attached hydrogens (tertiary/aromatic N) is 1. The van der Waals surface area contributed by atoms with Crippen LogP contribution in [0.5, 0.6) is 11.5 Å². The molecule has 0 unspecified atom stereocenters. The summed E-state index contributed by atoms with van der Waals surface area (Å²) < 4.78 is 22.2. The van der Waals surface area contributed by atoms with Crippen LogP contribution >= 0.6 is 0 Å². The third-order valence-corrected chi connectivity index (χ3v) is 5.70. The van der Waals surface area contributed by atoms with E-state index in [4.69, 9.17) is 9.47 Å². The van der Waals surface area contributed by atoms with Gasteiger partial charge in [-0.05, 0) is 0 Å². The van der Waals surface area contributed by atoms with Crippen LogP contribution in [-0.2, 0) is 14.2 Å². The first kappa shape index (κ1) is 19.8. The Morgan fingerprint density at radius 1 is 1.34 bits per heavy atom. The molecule has 1 aliphatic carbocycles. The van der Waals surface area contributed by atoms with Crippen molar-refractivity contribution in [3.63, 3.8) is 0 Å². The van der Waals surface area contributed by atoms with Crippen LogP contribution in [0.25, 0.3) is 0 Å². The van der Waals surface area contributed by atoms with Gasteiger partial charge in [0.2, 0.25) is 0 Å². The standard InChI is InChI=1S/C19H23BN2O7/c23-16(5-10-7-21-3-4-28-10)22-8-11(9-22)29-15-2-1-12(13-6-14(13)20-27)18(24)17(15)19(25)26/h1-2,10-11,13-14,21,24H,3-9H2,(H,25,26)/t10-,13+,14+/m0/s1. The van der Waals surface area contributed by atoms with E-state index in [1.807, 2.05) is 0 Å². The number of benzene rings is 1. The van der Waals surface area contributed by atoms with Crippen molar-refractivity contribution in [3.05, 3.63) is 23.3 Å². The predicted molar refractivity (Wildman–Crippen MR) is 101 cm³/mol. The first-order chi connectivity index (χ1) is 14.0. The number of aromatic hydroxyl groups is 1. The number of carboxylic acids is 1. The molecule has 2 heterocycles. The van der Waals surface area contributed by atoms with E-state index in [1.165, 1.54) is 6.07 Å². The van der Waals surface area contributed by atoms with Gasteiger partial charge in [-0.25, -0.2) is 0 Å². The number of morpholine rings is 1. The van der Waals surface area contributed by atoms with E-state index in [2.05, 4.69) is 5.32 Å². The first-order valence-corrected chi connectivity index (χ1v) is 9.79. The predicted octanol–water partition coefficient (Wildman–Crippen LogP) is 0.384. The zero-order valence-electron chi connectivity index (χ0n) is 15.9. The quantitative estimate of drug-likeness (QED) is 0.560. The summed E-state index contributed by atoms with van der Waals surface area (Å²) in [6.07, 6.45) is 0.443. The molecule has 10 heteroatoms. The van der Waals surface area contributed by atoms with Gasteiger partial charge >= 0.3 is 132 Å². The summed E-state index contributed by atoms with van der Waals surface area (Å²) in [7, 11) is 0.823. The zero-order chi connectivity index (χ0) is 20.5. The first-order valence-electron chi connectivity index (χ1n) is 9.79. The molecule has 1 saturated carbocycles. The van der Waals surface area contributed by atoms with Crippen molar-refractivity contribution in [1.29, 1.82) is 0 Å². The number of hydrogen-bond acceptors (Lipinski definition) is 7. The van der Waals surface area contributed by atoms with Gasteiger partial charge in [-0.2, -0.15) is 0 Å². The van der Waals surface area contributed by atoms with Gasteiger partial charge in [0.1, 0.15) is 0 Å². The average Bonchev–Trinajstić information content (AvgIpc) is 3.44. The van der Waals surface area contributed by atoms with Crippen LogP contribution in [0.2, 0.25) is 5.82 Å². The Morgan fingerprint density at radius 3 is 2.76 bits per heavy atom. The number of carbonyl (C=O) groups is 2. The van der Waals surface area contributed by atoms with Crippen molar-refractivity contribution >= 4 is 19.0 Å². The summed E-state index contributed by atoms with van der Waals surface area (Å²) in [5, 5.41) is 23.1. The fraction of sp³-hybridized carbons (Fsp3) is 0.579. The Kier molecular flexibility index (Phi) is 5.55. The van der Waals surface area contributed by atoms with Crippen LogP contribution in [0.1, 0.15) is 34.7 Å². The molecule has 3 aliphatic rings. The molecular formula is C19H23BN2O7.